The van der Waals surface area contributed by atoms with Gasteiger partial charge in [0.25, 0.3) is 0 Å². The highest BCUT2D eigenvalue weighted by Crippen LogP contribution is 2.43. The molecule has 0 aliphatic rings. The van der Waals surface area contributed by atoms with Crippen LogP contribution in [0.4, 0.5) is 0 Å². The van der Waals surface area contributed by atoms with E-state index >= 15 is 0 Å². The Labute approximate surface area is 219 Å². The number of para-hydroxylation sites is 1. The van der Waals surface area contributed by atoms with Crippen molar-refractivity contribution >= 4 is 34.2 Å². The lowest BCUT2D eigenvalue weighted by Gasteiger charge is -2.18. The third kappa shape index (κ3) is 5.24. The van der Waals surface area contributed by atoms with Crippen LogP contribution in [0.15, 0.2) is 42.5 Å². The summed E-state index contributed by atoms with van der Waals surface area (Å²) in [6.07, 6.45) is 0. The Balaban J connectivity index is 0.00000361. The van der Waals surface area contributed by atoms with Gasteiger partial charge >= 0.3 is 0 Å². The van der Waals surface area contributed by atoms with Gasteiger partial charge in [-0.15, -0.1) is 12.4 Å². The number of methoxy groups -OCH3 is 3. The van der Waals surface area contributed by atoms with Gasteiger partial charge in [0.05, 0.1) is 38.2 Å². The van der Waals surface area contributed by atoms with Crippen LogP contribution in [0.2, 0.25) is 0 Å². The third-order valence-corrected chi connectivity index (χ3v) is 6.68. The van der Waals surface area contributed by atoms with Crippen LogP contribution in [0.3, 0.4) is 0 Å². The SMILES string of the molecule is CCN(CC)CCNCc1cc2c3ccccc3n(C)c2c(-c2cc(OC)c(OC)c(OC)c2)n1.Cl. The zero-order chi connectivity index (χ0) is 24.9. The Morgan fingerprint density at radius 2 is 1.58 bits per heavy atom. The Morgan fingerprint density at radius 1 is 0.917 bits per heavy atom. The second kappa shape index (κ2) is 12.3. The van der Waals surface area contributed by atoms with Gasteiger partial charge in [-0.2, -0.15) is 0 Å². The summed E-state index contributed by atoms with van der Waals surface area (Å²) in [4.78, 5) is 7.55. The third-order valence-electron chi connectivity index (χ3n) is 6.68. The van der Waals surface area contributed by atoms with Crippen molar-refractivity contribution in [1.29, 1.82) is 0 Å². The molecule has 194 valence electrons. The number of fused-ring (bicyclic) bond motifs is 3. The summed E-state index contributed by atoms with van der Waals surface area (Å²) in [5.74, 6) is 1.79. The Hall–Kier alpha value is -3.00. The first-order chi connectivity index (χ1) is 17.1. The van der Waals surface area contributed by atoms with Crippen LogP contribution >= 0.6 is 12.4 Å². The highest BCUT2D eigenvalue weighted by Gasteiger charge is 2.20. The van der Waals surface area contributed by atoms with Gasteiger partial charge in [0.1, 0.15) is 0 Å². The molecule has 36 heavy (non-hydrogen) atoms. The fourth-order valence-electron chi connectivity index (χ4n) is 4.75. The van der Waals surface area contributed by atoms with E-state index in [0.29, 0.717) is 23.8 Å². The normalized spacial score (nSPS) is 11.2. The molecule has 0 fully saturated rings. The molecule has 1 N–H and O–H groups in total. The zero-order valence-corrected chi connectivity index (χ0v) is 22.9. The van der Waals surface area contributed by atoms with Crippen LogP contribution in [0, 0.1) is 0 Å². The summed E-state index contributed by atoms with van der Waals surface area (Å²) in [6.45, 7) is 9.14. The van der Waals surface area contributed by atoms with Crippen LogP contribution in [-0.4, -0.2) is 62.0 Å². The van der Waals surface area contributed by atoms with Gasteiger partial charge in [-0.1, -0.05) is 32.0 Å². The lowest BCUT2D eigenvalue weighted by Crippen LogP contribution is -2.31. The molecule has 2 aromatic carbocycles. The van der Waals surface area contributed by atoms with Gasteiger partial charge in [-0.05, 0) is 37.4 Å². The van der Waals surface area contributed by atoms with E-state index in [1.54, 1.807) is 21.3 Å². The minimum absolute atomic E-state index is 0. The van der Waals surface area contributed by atoms with Crippen molar-refractivity contribution in [3.8, 4) is 28.5 Å². The smallest absolute Gasteiger partial charge is 0.203 e. The molecule has 4 rings (SSSR count). The maximum absolute atomic E-state index is 5.64. The predicted molar refractivity (Wildman–Crippen MR) is 150 cm³/mol. The number of nitrogens with zero attached hydrogens (tertiary/aromatic N) is 3. The number of pyridine rings is 1. The number of likely N-dealkylation sites (N-methyl/N-ethyl adjacent to an activating group) is 1. The lowest BCUT2D eigenvalue weighted by atomic mass is 10.0. The van der Waals surface area contributed by atoms with Crippen molar-refractivity contribution in [3.05, 3.63) is 48.2 Å². The zero-order valence-electron chi connectivity index (χ0n) is 22.1. The molecule has 8 heteroatoms. The van der Waals surface area contributed by atoms with Gasteiger partial charge in [0.2, 0.25) is 5.75 Å². The van der Waals surface area contributed by atoms with Crippen LogP contribution in [0.25, 0.3) is 33.1 Å². The first kappa shape index (κ1) is 27.6. The average Bonchev–Trinajstić information content (AvgIpc) is 3.19. The molecule has 0 spiro atoms. The molecule has 7 nitrogen and oxygen atoms in total. The summed E-state index contributed by atoms with van der Waals surface area (Å²) in [5.41, 5.74) is 5.05. The molecule has 0 aliphatic heterocycles. The summed E-state index contributed by atoms with van der Waals surface area (Å²) < 4.78 is 19.0. The lowest BCUT2D eigenvalue weighted by molar-refractivity contribution is 0.302. The number of hydrogen-bond donors (Lipinski definition) is 1. The molecular weight excluding hydrogens is 476 g/mol. The van der Waals surface area contributed by atoms with E-state index in [9.17, 15) is 0 Å². The van der Waals surface area contributed by atoms with E-state index in [4.69, 9.17) is 19.2 Å². The number of aryl methyl sites for hydroxylation is 1. The first-order valence-corrected chi connectivity index (χ1v) is 12.2. The Morgan fingerprint density at radius 3 is 2.19 bits per heavy atom. The van der Waals surface area contributed by atoms with Gasteiger partial charge in [0.15, 0.2) is 11.5 Å². The second-order valence-corrected chi connectivity index (χ2v) is 8.55. The van der Waals surface area contributed by atoms with E-state index in [-0.39, 0.29) is 12.4 Å². The highest BCUT2D eigenvalue weighted by atomic mass is 35.5. The maximum Gasteiger partial charge on any atom is 0.203 e. The van der Waals surface area contributed by atoms with Gasteiger partial charge in [-0.3, -0.25) is 0 Å². The topological polar surface area (TPSA) is 60.8 Å². The van der Waals surface area contributed by atoms with Crippen LogP contribution < -0.4 is 19.5 Å². The van der Waals surface area contributed by atoms with Crippen molar-refractivity contribution in [2.75, 3.05) is 47.5 Å². The molecule has 0 radical (unpaired) electrons. The van der Waals surface area contributed by atoms with E-state index in [0.717, 1.165) is 48.6 Å². The molecule has 4 aromatic rings. The molecule has 0 bridgehead atoms. The summed E-state index contributed by atoms with van der Waals surface area (Å²) in [7, 11) is 6.98. The molecule has 0 saturated heterocycles. The maximum atomic E-state index is 5.64. The number of ether oxygens (including phenoxy) is 3. The number of rotatable bonds is 11. The quantitative estimate of drug-likeness (QED) is 0.276. The van der Waals surface area contributed by atoms with Crippen molar-refractivity contribution < 1.29 is 14.2 Å². The number of halogens is 1. The van der Waals surface area contributed by atoms with Crippen LogP contribution in [0.5, 0.6) is 17.2 Å². The van der Waals surface area contributed by atoms with Crippen molar-refractivity contribution in [2.24, 2.45) is 7.05 Å². The minimum Gasteiger partial charge on any atom is -0.493 e. The van der Waals surface area contributed by atoms with E-state index < -0.39 is 0 Å². The number of benzene rings is 2. The largest absolute Gasteiger partial charge is 0.493 e. The highest BCUT2D eigenvalue weighted by molar-refractivity contribution is 6.12. The Bertz CT molecular complexity index is 1290. The second-order valence-electron chi connectivity index (χ2n) is 8.55. The van der Waals surface area contributed by atoms with Crippen molar-refractivity contribution in [2.45, 2.75) is 20.4 Å². The molecule has 0 unspecified atom stereocenters. The average molecular weight is 513 g/mol. The van der Waals surface area contributed by atoms with Crippen molar-refractivity contribution in [3.63, 3.8) is 0 Å². The summed E-state index contributed by atoms with van der Waals surface area (Å²) in [6, 6.07) is 14.6. The van der Waals surface area contributed by atoms with Crippen molar-refractivity contribution in [1.82, 2.24) is 19.8 Å². The minimum atomic E-state index is 0. The fraction of sp³-hybridized carbons (Fsp3) is 0.393. The molecule has 0 saturated carbocycles. The molecule has 0 aliphatic carbocycles. The van der Waals surface area contributed by atoms with E-state index in [1.807, 2.05) is 12.1 Å². The molecule has 0 amide bonds. The van der Waals surface area contributed by atoms with Gasteiger partial charge < -0.3 is 29.0 Å². The Kier molecular flexibility index (Phi) is 9.43. The molecule has 0 atom stereocenters. The fourth-order valence-corrected chi connectivity index (χ4v) is 4.75. The molecule has 2 aromatic heterocycles. The standard InChI is InChI=1S/C28H36N4O3.ClH/c1-7-32(8-2)14-13-29-18-20-17-22-21-11-9-10-12-23(21)31(3)27(22)26(30-20)19-15-24(33-4)28(35-6)25(16-19)34-5;/h9-12,15-17,29H,7-8,13-14,18H2,1-6H3;1H. The van der Waals surface area contributed by atoms with Crippen LogP contribution in [0.1, 0.15) is 19.5 Å². The van der Waals surface area contributed by atoms with E-state index in [2.05, 4.69) is 66.0 Å². The first-order valence-electron chi connectivity index (χ1n) is 12.2. The summed E-state index contributed by atoms with van der Waals surface area (Å²) >= 11 is 0. The van der Waals surface area contributed by atoms with E-state index in [1.165, 1.54) is 16.3 Å². The summed E-state index contributed by atoms with van der Waals surface area (Å²) in [5, 5.41) is 5.98. The monoisotopic (exact) mass is 512 g/mol. The molecule has 2 heterocycles. The van der Waals surface area contributed by atoms with Gasteiger partial charge in [0, 0.05) is 48.5 Å². The number of aromatic nitrogens is 2. The number of nitrogens with one attached hydrogen (secondary N) is 1. The molecular formula is C28H37ClN4O3. The van der Waals surface area contributed by atoms with Crippen LogP contribution in [-0.2, 0) is 13.6 Å². The predicted octanol–water partition coefficient (Wildman–Crippen LogP) is 5.27. The number of hydrogen-bond acceptors (Lipinski definition) is 6. The van der Waals surface area contributed by atoms with Gasteiger partial charge in [-0.25, -0.2) is 4.98 Å².